The van der Waals surface area contributed by atoms with Gasteiger partial charge in [0.1, 0.15) is 5.82 Å². The molecule has 0 spiro atoms. The van der Waals surface area contributed by atoms with Crippen LogP contribution in [0.4, 0.5) is 10.1 Å². The first kappa shape index (κ1) is 14.9. The van der Waals surface area contributed by atoms with Gasteiger partial charge in [0.05, 0.1) is 11.3 Å². The van der Waals surface area contributed by atoms with E-state index in [4.69, 9.17) is 5.73 Å². The molecule has 0 radical (unpaired) electrons. The molecule has 0 aliphatic heterocycles. The summed E-state index contributed by atoms with van der Waals surface area (Å²) in [4.78, 5) is 22.4. The van der Waals surface area contributed by atoms with E-state index in [-0.39, 0.29) is 23.1 Å². The van der Waals surface area contributed by atoms with Crippen molar-refractivity contribution >= 4 is 17.5 Å². The highest BCUT2D eigenvalue weighted by Gasteiger charge is 2.13. The molecule has 4 N–H and O–H groups in total. The first-order chi connectivity index (χ1) is 9.06. The number of amides is 2. The summed E-state index contributed by atoms with van der Waals surface area (Å²) in [5.74, 6) is -1.17. The van der Waals surface area contributed by atoms with Gasteiger partial charge in [-0.25, -0.2) is 4.39 Å². The van der Waals surface area contributed by atoms with Crippen LogP contribution in [0.1, 0.15) is 29.6 Å². The smallest absolute Gasteiger partial charge is 0.253 e. The molecule has 0 aliphatic rings. The molecule has 0 bridgehead atoms. The highest BCUT2D eigenvalue weighted by molar-refractivity contribution is 5.99. The van der Waals surface area contributed by atoms with E-state index in [0.717, 1.165) is 0 Å². The fourth-order valence-corrected chi connectivity index (χ4v) is 1.69. The van der Waals surface area contributed by atoms with Crippen LogP contribution >= 0.6 is 0 Å². The van der Waals surface area contributed by atoms with E-state index in [2.05, 4.69) is 10.6 Å². The number of hydrogen-bond acceptors (Lipinski definition) is 3. The quantitative estimate of drug-likeness (QED) is 0.650. The number of carbonyl (C=O) groups is 2. The Labute approximate surface area is 111 Å². The predicted molar refractivity (Wildman–Crippen MR) is 71.3 cm³/mol. The van der Waals surface area contributed by atoms with E-state index < -0.39 is 5.82 Å². The van der Waals surface area contributed by atoms with Crippen LogP contribution in [0.15, 0.2) is 18.2 Å². The van der Waals surface area contributed by atoms with Crippen molar-refractivity contribution in [1.29, 1.82) is 0 Å². The average molecular weight is 267 g/mol. The molecule has 0 saturated heterocycles. The number of benzene rings is 1. The molecule has 0 aliphatic carbocycles. The summed E-state index contributed by atoms with van der Waals surface area (Å²) in [5.41, 5.74) is 5.44. The Morgan fingerprint density at radius 1 is 1.32 bits per heavy atom. The van der Waals surface area contributed by atoms with Crippen LogP contribution in [-0.2, 0) is 4.79 Å². The maximum absolute atomic E-state index is 13.4. The molecule has 0 aromatic heterocycles. The van der Waals surface area contributed by atoms with E-state index in [9.17, 15) is 14.0 Å². The summed E-state index contributed by atoms with van der Waals surface area (Å²) in [5, 5.41) is 5.34. The summed E-state index contributed by atoms with van der Waals surface area (Å²) in [6, 6.07) is 4.32. The average Bonchev–Trinajstić information content (AvgIpc) is 2.37. The van der Waals surface area contributed by atoms with Crippen molar-refractivity contribution in [2.75, 3.05) is 18.9 Å². The van der Waals surface area contributed by atoms with Crippen molar-refractivity contribution in [3.8, 4) is 0 Å². The molecule has 104 valence electrons. The monoisotopic (exact) mass is 267 g/mol. The van der Waals surface area contributed by atoms with Crippen LogP contribution in [0.2, 0.25) is 0 Å². The van der Waals surface area contributed by atoms with E-state index in [1.54, 1.807) is 13.1 Å². The van der Waals surface area contributed by atoms with Gasteiger partial charge in [-0.05, 0) is 25.0 Å². The van der Waals surface area contributed by atoms with Gasteiger partial charge in [0, 0.05) is 20.0 Å². The molecule has 2 amide bonds. The van der Waals surface area contributed by atoms with Crippen molar-refractivity contribution in [1.82, 2.24) is 5.32 Å². The van der Waals surface area contributed by atoms with Crippen LogP contribution in [0.25, 0.3) is 0 Å². The summed E-state index contributed by atoms with van der Waals surface area (Å²) in [6.45, 7) is 0.422. The second-order valence-electron chi connectivity index (χ2n) is 4.09. The zero-order valence-electron chi connectivity index (χ0n) is 10.8. The van der Waals surface area contributed by atoms with Gasteiger partial charge in [0.25, 0.3) is 5.91 Å². The highest BCUT2D eigenvalue weighted by atomic mass is 19.1. The van der Waals surface area contributed by atoms with E-state index >= 15 is 0 Å². The second kappa shape index (κ2) is 7.35. The minimum absolute atomic E-state index is 0.178. The standard InChI is InChI=1S/C13H18FN3O2/c1-16-12-9(5-4-6-10(12)14)13(19)17-8-3-2-7-11(15)18/h4-6,16H,2-3,7-8H2,1H3,(H2,15,18)(H,17,19). The van der Waals surface area contributed by atoms with E-state index in [1.165, 1.54) is 12.1 Å². The predicted octanol–water partition coefficient (Wildman–Crippen LogP) is 1.25. The van der Waals surface area contributed by atoms with Gasteiger partial charge in [-0.3, -0.25) is 9.59 Å². The molecule has 6 heteroatoms. The fourth-order valence-electron chi connectivity index (χ4n) is 1.69. The van der Waals surface area contributed by atoms with Gasteiger partial charge in [-0.15, -0.1) is 0 Å². The number of rotatable bonds is 7. The number of nitrogens with one attached hydrogen (secondary N) is 2. The third-order valence-electron chi connectivity index (χ3n) is 2.64. The number of primary amides is 1. The maximum atomic E-state index is 13.4. The molecule has 0 saturated carbocycles. The minimum atomic E-state index is -0.469. The van der Waals surface area contributed by atoms with E-state index in [0.29, 0.717) is 25.8 Å². The first-order valence-corrected chi connectivity index (χ1v) is 6.09. The van der Waals surface area contributed by atoms with Crippen LogP contribution in [0.5, 0.6) is 0 Å². The molecular formula is C13H18FN3O2. The summed E-state index contributed by atoms with van der Waals surface area (Å²) < 4.78 is 13.4. The lowest BCUT2D eigenvalue weighted by atomic mass is 10.1. The van der Waals surface area contributed by atoms with Gasteiger partial charge >= 0.3 is 0 Å². The number of para-hydroxylation sites is 1. The lowest BCUT2D eigenvalue weighted by Gasteiger charge is -2.10. The molecule has 0 heterocycles. The van der Waals surface area contributed by atoms with Gasteiger partial charge in [-0.1, -0.05) is 6.07 Å². The molecule has 0 unspecified atom stereocenters. The minimum Gasteiger partial charge on any atom is -0.385 e. The summed E-state index contributed by atoms with van der Waals surface area (Å²) >= 11 is 0. The Bertz CT molecular complexity index is 463. The second-order valence-corrected chi connectivity index (χ2v) is 4.09. The third kappa shape index (κ3) is 4.57. The van der Waals surface area contributed by atoms with E-state index in [1.807, 2.05) is 0 Å². The SMILES string of the molecule is CNc1c(F)cccc1C(=O)NCCCCC(N)=O. The fraction of sp³-hybridized carbons (Fsp3) is 0.385. The van der Waals surface area contributed by atoms with Crippen molar-refractivity contribution < 1.29 is 14.0 Å². The lowest BCUT2D eigenvalue weighted by molar-refractivity contribution is -0.118. The highest BCUT2D eigenvalue weighted by Crippen LogP contribution is 2.18. The number of carbonyl (C=O) groups excluding carboxylic acids is 2. The van der Waals surface area contributed by atoms with Crippen LogP contribution in [-0.4, -0.2) is 25.4 Å². The molecular weight excluding hydrogens is 249 g/mol. The van der Waals surface area contributed by atoms with Gasteiger partial charge in [-0.2, -0.15) is 0 Å². The zero-order chi connectivity index (χ0) is 14.3. The largest absolute Gasteiger partial charge is 0.385 e. The number of unbranched alkanes of at least 4 members (excludes halogenated alkanes) is 1. The zero-order valence-corrected chi connectivity index (χ0v) is 10.8. The molecule has 0 atom stereocenters. The molecule has 1 aromatic carbocycles. The van der Waals surface area contributed by atoms with Crippen LogP contribution in [0.3, 0.4) is 0 Å². The Kier molecular flexibility index (Phi) is 5.78. The van der Waals surface area contributed by atoms with Gasteiger partial charge in [0.2, 0.25) is 5.91 Å². The molecule has 19 heavy (non-hydrogen) atoms. The molecule has 1 rings (SSSR count). The Balaban J connectivity index is 2.50. The van der Waals surface area contributed by atoms with Crippen molar-refractivity contribution in [2.45, 2.75) is 19.3 Å². The molecule has 0 fully saturated rings. The number of halogens is 1. The van der Waals surface area contributed by atoms with Gasteiger partial charge in [0.15, 0.2) is 0 Å². The number of hydrogen-bond donors (Lipinski definition) is 3. The number of anilines is 1. The van der Waals surface area contributed by atoms with Crippen molar-refractivity contribution in [2.24, 2.45) is 5.73 Å². The van der Waals surface area contributed by atoms with Crippen molar-refractivity contribution in [3.05, 3.63) is 29.6 Å². The maximum Gasteiger partial charge on any atom is 0.253 e. The third-order valence-corrected chi connectivity index (χ3v) is 2.64. The van der Waals surface area contributed by atoms with Crippen LogP contribution < -0.4 is 16.4 Å². The Morgan fingerprint density at radius 3 is 2.68 bits per heavy atom. The molecule has 1 aromatic rings. The number of nitrogens with two attached hydrogens (primary N) is 1. The first-order valence-electron chi connectivity index (χ1n) is 6.09. The summed E-state index contributed by atoms with van der Waals surface area (Å²) in [7, 11) is 1.56. The molecule has 5 nitrogen and oxygen atoms in total. The van der Waals surface area contributed by atoms with Crippen LogP contribution in [0, 0.1) is 5.82 Å². The Morgan fingerprint density at radius 2 is 2.05 bits per heavy atom. The topological polar surface area (TPSA) is 84.2 Å². The summed E-state index contributed by atoms with van der Waals surface area (Å²) in [6.07, 6.45) is 1.58. The lowest BCUT2D eigenvalue weighted by Crippen LogP contribution is -2.25. The van der Waals surface area contributed by atoms with Gasteiger partial charge < -0.3 is 16.4 Å². The Hall–Kier alpha value is -2.11. The normalized spacial score (nSPS) is 10.0. The van der Waals surface area contributed by atoms with Crippen molar-refractivity contribution in [3.63, 3.8) is 0 Å².